The van der Waals surface area contributed by atoms with E-state index in [1.807, 2.05) is 48.5 Å². The predicted octanol–water partition coefficient (Wildman–Crippen LogP) is 2.85. The van der Waals surface area contributed by atoms with Gasteiger partial charge in [0.15, 0.2) is 0 Å². The fraction of sp³-hybridized carbons (Fsp3) is 0.350. The van der Waals surface area contributed by atoms with Crippen LogP contribution in [0.2, 0.25) is 0 Å². The van der Waals surface area contributed by atoms with Gasteiger partial charge in [-0.15, -0.1) is 0 Å². The summed E-state index contributed by atoms with van der Waals surface area (Å²) in [5.41, 5.74) is 1.92. The Morgan fingerprint density at radius 1 is 1.12 bits per heavy atom. The molecule has 2 rings (SSSR count). The molecule has 25 heavy (non-hydrogen) atoms. The average molecular weight is 340 g/mol. The molecule has 0 bridgehead atoms. The number of hydrogen-bond donors (Lipinski definition) is 0. The number of methoxy groups -OCH3 is 1. The van der Waals surface area contributed by atoms with Gasteiger partial charge in [0.25, 0.3) is 0 Å². The van der Waals surface area contributed by atoms with Crippen LogP contribution in [0, 0.1) is 5.92 Å². The van der Waals surface area contributed by atoms with Crippen molar-refractivity contribution in [3.63, 3.8) is 0 Å². The number of amides is 1. The van der Waals surface area contributed by atoms with E-state index in [0.717, 1.165) is 11.3 Å². The number of nitrogens with zero attached hydrogens (tertiary/aromatic N) is 2. The molecule has 1 aromatic carbocycles. The average Bonchev–Trinajstić information content (AvgIpc) is 2.66. The molecule has 0 radical (unpaired) electrons. The second kappa shape index (κ2) is 9.57. The third-order valence-electron chi connectivity index (χ3n) is 4.00. The second-order valence-electron chi connectivity index (χ2n) is 6.01. The summed E-state index contributed by atoms with van der Waals surface area (Å²) in [7, 11) is 1.36. The molecule has 2 aromatic rings. The number of hydrogen-bond acceptors (Lipinski definition) is 4. The van der Waals surface area contributed by atoms with Crippen LogP contribution in [0.5, 0.6) is 0 Å². The summed E-state index contributed by atoms with van der Waals surface area (Å²) < 4.78 is 4.78. The normalized spacial score (nSPS) is 11.6. The number of aryl methyl sites for hydroxylation is 1. The zero-order chi connectivity index (χ0) is 18.1. The molecule has 1 amide bonds. The van der Waals surface area contributed by atoms with Gasteiger partial charge in [-0.05, 0) is 24.1 Å². The van der Waals surface area contributed by atoms with Crippen molar-refractivity contribution < 1.29 is 14.3 Å². The van der Waals surface area contributed by atoms with Crippen LogP contribution in [0.15, 0.2) is 54.7 Å². The number of rotatable bonds is 8. The summed E-state index contributed by atoms with van der Waals surface area (Å²) in [4.78, 5) is 30.4. The molecular weight excluding hydrogens is 316 g/mol. The van der Waals surface area contributed by atoms with Crippen LogP contribution in [0.4, 0.5) is 0 Å². The van der Waals surface area contributed by atoms with E-state index in [1.54, 1.807) is 18.0 Å². The standard InChI is InChI=1S/C20H24N2O3/c1-16(20(24)25-2)14-22(15-18-10-6-7-13-21-18)19(23)12-11-17-8-4-3-5-9-17/h3-10,13,16H,11-12,14-15H2,1-2H3. The van der Waals surface area contributed by atoms with Crippen LogP contribution >= 0.6 is 0 Å². The van der Waals surface area contributed by atoms with Crippen molar-refractivity contribution in [3.05, 3.63) is 66.0 Å². The van der Waals surface area contributed by atoms with E-state index < -0.39 is 0 Å². The van der Waals surface area contributed by atoms with E-state index in [-0.39, 0.29) is 17.8 Å². The van der Waals surface area contributed by atoms with Gasteiger partial charge >= 0.3 is 5.97 Å². The third kappa shape index (κ3) is 6.03. The Balaban J connectivity index is 2.03. The largest absolute Gasteiger partial charge is 0.469 e. The van der Waals surface area contributed by atoms with Gasteiger partial charge in [-0.2, -0.15) is 0 Å². The highest BCUT2D eigenvalue weighted by atomic mass is 16.5. The first-order valence-electron chi connectivity index (χ1n) is 8.39. The van der Waals surface area contributed by atoms with Crippen LogP contribution in [0.3, 0.4) is 0 Å². The number of carbonyl (C=O) groups excluding carboxylic acids is 2. The van der Waals surface area contributed by atoms with Crippen molar-refractivity contribution in [3.8, 4) is 0 Å². The van der Waals surface area contributed by atoms with Gasteiger partial charge in [0.1, 0.15) is 0 Å². The monoisotopic (exact) mass is 340 g/mol. The number of benzene rings is 1. The van der Waals surface area contributed by atoms with Crippen molar-refractivity contribution >= 4 is 11.9 Å². The lowest BCUT2D eigenvalue weighted by molar-refractivity contribution is -0.146. The Bertz CT molecular complexity index is 674. The summed E-state index contributed by atoms with van der Waals surface area (Å²) in [6.45, 7) is 2.47. The van der Waals surface area contributed by atoms with E-state index in [0.29, 0.717) is 25.9 Å². The minimum absolute atomic E-state index is 0.00487. The molecule has 1 unspecified atom stereocenters. The smallest absolute Gasteiger partial charge is 0.310 e. The maximum absolute atomic E-state index is 12.7. The van der Waals surface area contributed by atoms with Gasteiger partial charge in [-0.3, -0.25) is 14.6 Å². The van der Waals surface area contributed by atoms with Gasteiger partial charge in [0, 0.05) is 19.2 Å². The fourth-order valence-corrected chi connectivity index (χ4v) is 2.60. The topological polar surface area (TPSA) is 59.5 Å². The lowest BCUT2D eigenvalue weighted by Crippen LogP contribution is -2.37. The van der Waals surface area contributed by atoms with E-state index in [1.165, 1.54) is 7.11 Å². The first-order valence-corrected chi connectivity index (χ1v) is 8.39. The first-order chi connectivity index (χ1) is 12.1. The Morgan fingerprint density at radius 3 is 2.48 bits per heavy atom. The number of carbonyl (C=O) groups is 2. The van der Waals surface area contributed by atoms with Crippen LogP contribution in [0.25, 0.3) is 0 Å². The van der Waals surface area contributed by atoms with E-state index in [4.69, 9.17) is 4.74 Å². The van der Waals surface area contributed by atoms with Crippen molar-refractivity contribution in [1.29, 1.82) is 0 Å². The lowest BCUT2D eigenvalue weighted by Gasteiger charge is -2.25. The second-order valence-corrected chi connectivity index (χ2v) is 6.01. The Morgan fingerprint density at radius 2 is 1.84 bits per heavy atom. The van der Waals surface area contributed by atoms with Gasteiger partial charge in [-0.1, -0.05) is 43.3 Å². The quantitative estimate of drug-likeness (QED) is 0.693. The molecule has 5 nitrogen and oxygen atoms in total. The first kappa shape index (κ1) is 18.6. The molecule has 1 aromatic heterocycles. The molecule has 0 spiro atoms. The molecule has 0 aliphatic rings. The zero-order valence-electron chi connectivity index (χ0n) is 14.7. The van der Waals surface area contributed by atoms with Crippen molar-refractivity contribution in [2.45, 2.75) is 26.3 Å². The molecule has 1 heterocycles. The molecular formula is C20H24N2O3. The SMILES string of the molecule is COC(=O)C(C)CN(Cc1ccccn1)C(=O)CCc1ccccc1. The highest BCUT2D eigenvalue weighted by Gasteiger charge is 2.22. The maximum Gasteiger partial charge on any atom is 0.310 e. The molecule has 0 fully saturated rings. The molecule has 132 valence electrons. The molecule has 0 aliphatic heterocycles. The van der Waals surface area contributed by atoms with Crippen molar-refractivity contribution in [1.82, 2.24) is 9.88 Å². The number of ether oxygens (including phenoxy) is 1. The Kier molecular flexibility index (Phi) is 7.14. The molecule has 0 N–H and O–H groups in total. The van der Waals surface area contributed by atoms with Crippen LogP contribution < -0.4 is 0 Å². The lowest BCUT2D eigenvalue weighted by atomic mass is 10.1. The summed E-state index contributed by atoms with van der Waals surface area (Å²) in [6.07, 6.45) is 2.77. The molecule has 0 saturated carbocycles. The van der Waals surface area contributed by atoms with Gasteiger partial charge < -0.3 is 9.64 Å². The summed E-state index contributed by atoms with van der Waals surface area (Å²) in [5, 5.41) is 0. The summed E-state index contributed by atoms with van der Waals surface area (Å²) in [6, 6.07) is 15.5. The summed E-state index contributed by atoms with van der Waals surface area (Å²) in [5.74, 6) is -0.693. The number of pyridine rings is 1. The minimum Gasteiger partial charge on any atom is -0.469 e. The number of esters is 1. The minimum atomic E-state index is -0.380. The van der Waals surface area contributed by atoms with Crippen molar-refractivity contribution in [2.24, 2.45) is 5.92 Å². The summed E-state index contributed by atoms with van der Waals surface area (Å²) >= 11 is 0. The van der Waals surface area contributed by atoms with Crippen molar-refractivity contribution in [2.75, 3.05) is 13.7 Å². The third-order valence-corrected chi connectivity index (χ3v) is 4.00. The highest BCUT2D eigenvalue weighted by Crippen LogP contribution is 2.11. The zero-order valence-corrected chi connectivity index (χ0v) is 14.7. The highest BCUT2D eigenvalue weighted by molar-refractivity contribution is 5.78. The van der Waals surface area contributed by atoms with Gasteiger partial charge in [0.05, 0.1) is 25.3 Å². The van der Waals surface area contributed by atoms with Crippen LogP contribution in [-0.4, -0.2) is 35.4 Å². The number of aromatic nitrogens is 1. The Hall–Kier alpha value is -2.69. The molecule has 0 aliphatic carbocycles. The van der Waals surface area contributed by atoms with Crippen LogP contribution in [-0.2, 0) is 27.3 Å². The van der Waals surface area contributed by atoms with Gasteiger partial charge in [-0.25, -0.2) is 0 Å². The molecule has 5 heteroatoms. The van der Waals surface area contributed by atoms with E-state index in [9.17, 15) is 9.59 Å². The van der Waals surface area contributed by atoms with E-state index in [2.05, 4.69) is 4.98 Å². The van der Waals surface area contributed by atoms with Crippen LogP contribution in [0.1, 0.15) is 24.6 Å². The fourth-order valence-electron chi connectivity index (χ4n) is 2.60. The molecule has 1 atom stereocenters. The molecule has 0 saturated heterocycles. The Labute approximate surface area is 148 Å². The van der Waals surface area contributed by atoms with Gasteiger partial charge in [0.2, 0.25) is 5.91 Å². The maximum atomic E-state index is 12.7. The predicted molar refractivity (Wildman–Crippen MR) is 95.6 cm³/mol. The van der Waals surface area contributed by atoms with E-state index >= 15 is 0 Å².